The highest BCUT2D eigenvalue weighted by molar-refractivity contribution is 5.87. The monoisotopic (exact) mass is 874 g/mol. The zero-order chi connectivity index (χ0) is 44.7. The van der Waals surface area contributed by atoms with E-state index in [1.807, 2.05) is 72.2 Å². The molecule has 0 saturated carbocycles. The third-order valence-corrected chi connectivity index (χ3v) is 13.3. The number of alkyl carbamates (subject to hydrolysis) is 2. The molecule has 64 heavy (non-hydrogen) atoms. The lowest BCUT2D eigenvalue weighted by atomic mass is 9.90. The molecule has 4 fully saturated rings. The van der Waals surface area contributed by atoms with Gasteiger partial charge in [-0.1, -0.05) is 36.1 Å². The number of carbonyl (C=O) groups is 4. The van der Waals surface area contributed by atoms with Gasteiger partial charge in [0.05, 0.1) is 50.1 Å². The Labute approximate surface area is 373 Å². The van der Waals surface area contributed by atoms with Gasteiger partial charge < -0.3 is 49.3 Å². The average molecular weight is 875 g/mol. The van der Waals surface area contributed by atoms with Crippen LogP contribution in [-0.2, 0) is 28.5 Å². The third kappa shape index (κ3) is 9.80. The van der Waals surface area contributed by atoms with Crippen LogP contribution in [0.25, 0.3) is 22.5 Å². The van der Waals surface area contributed by atoms with E-state index in [1.54, 1.807) is 12.4 Å². The van der Waals surface area contributed by atoms with E-state index in [-0.39, 0.29) is 47.8 Å². The van der Waals surface area contributed by atoms with Crippen molar-refractivity contribution in [1.82, 2.24) is 40.4 Å². The fraction of sp³-hybridized carbons (Fsp3) is 0.500. The maximum absolute atomic E-state index is 14.2. The Kier molecular flexibility index (Phi) is 14.0. The van der Waals surface area contributed by atoms with Gasteiger partial charge in [0.15, 0.2) is 0 Å². The molecule has 0 unspecified atom stereocenters. The number of imidazole rings is 2. The first-order valence-electron chi connectivity index (χ1n) is 22.4. The van der Waals surface area contributed by atoms with Gasteiger partial charge in [-0.2, -0.15) is 0 Å². The van der Waals surface area contributed by atoms with E-state index in [4.69, 9.17) is 28.9 Å². The van der Waals surface area contributed by atoms with Crippen molar-refractivity contribution in [2.75, 3.05) is 40.6 Å². The van der Waals surface area contributed by atoms with E-state index in [0.717, 1.165) is 59.3 Å². The number of H-pyrrole nitrogens is 2. The second-order valence-corrected chi connectivity index (χ2v) is 17.3. The zero-order valence-electron chi connectivity index (χ0n) is 36.9. The predicted molar refractivity (Wildman–Crippen MR) is 236 cm³/mol. The number of ether oxygens (including phenoxy) is 4. The van der Waals surface area contributed by atoms with Crippen molar-refractivity contribution in [2.24, 2.45) is 11.8 Å². The van der Waals surface area contributed by atoms with Crippen LogP contribution in [0.15, 0.2) is 60.9 Å². The van der Waals surface area contributed by atoms with Crippen molar-refractivity contribution in [3.8, 4) is 34.4 Å². The summed E-state index contributed by atoms with van der Waals surface area (Å²) in [7, 11) is 2.61. The molecule has 6 heterocycles. The Balaban J connectivity index is 0.904. The summed E-state index contributed by atoms with van der Waals surface area (Å²) >= 11 is 0. The lowest BCUT2D eigenvalue weighted by Gasteiger charge is -2.36. The number of amides is 4. The van der Waals surface area contributed by atoms with Gasteiger partial charge in [0.25, 0.3) is 0 Å². The van der Waals surface area contributed by atoms with Gasteiger partial charge in [0.2, 0.25) is 11.8 Å². The molecule has 0 radical (unpaired) electrons. The van der Waals surface area contributed by atoms with Gasteiger partial charge in [-0.05, 0) is 112 Å². The molecular formula is C48H58N8O8. The van der Waals surface area contributed by atoms with E-state index < -0.39 is 24.3 Å². The molecule has 2 aromatic carbocycles. The minimum atomic E-state index is -0.705. The van der Waals surface area contributed by atoms with Crippen LogP contribution >= 0.6 is 0 Å². The lowest BCUT2D eigenvalue weighted by molar-refractivity contribution is -0.139. The first kappa shape index (κ1) is 44.4. The molecule has 16 heteroatoms. The van der Waals surface area contributed by atoms with E-state index >= 15 is 0 Å². The molecular weight excluding hydrogens is 817 g/mol. The molecule has 4 saturated heterocycles. The first-order chi connectivity index (χ1) is 31.1. The fourth-order valence-electron chi connectivity index (χ4n) is 9.72. The van der Waals surface area contributed by atoms with E-state index in [0.29, 0.717) is 63.8 Å². The average Bonchev–Trinajstić information content (AvgIpc) is 4.17. The second-order valence-electron chi connectivity index (χ2n) is 17.3. The Hall–Kier alpha value is -6.18. The number of hydrogen-bond donors (Lipinski definition) is 4. The van der Waals surface area contributed by atoms with Crippen molar-refractivity contribution in [2.45, 2.75) is 101 Å². The number of benzene rings is 2. The van der Waals surface area contributed by atoms with Crippen LogP contribution < -0.4 is 10.6 Å². The lowest BCUT2D eigenvalue weighted by Crippen LogP contribution is -2.54. The number of nitrogens with zero attached hydrogens (tertiary/aromatic N) is 4. The minimum Gasteiger partial charge on any atom is -0.453 e. The van der Waals surface area contributed by atoms with Gasteiger partial charge >= 0.3 is 12.2 Å². The van der Waals surface area contributed by atoms with Crippen molar-refractivity contribution < 1.29 is 38.1 Å². The topological polar surface area (TPSA) is 193 Å². The quantitative estimate of drug-likeness (QED) is 0.132. The summed E-state index contributed by atoms with van der Waals surface area (Å²) in [5.41, 5.74) is 5.28. The standard InChI is InChI=1S/C48H58N8O8/c1-29-5-17-39(55(29)45(57)41(53-47(59)61-3)35-19-23-63-24-20-35)43-49-27-37(51-43)33-13-9-31(10-14-33)7-8-32-11-15-34(16-12-32)38-28-50-44(52-38)40-18-6-30(2)56(40)46(58)42(54-48(60)62-4)36-21-25-64-26-22-36/h9-16,27-30,35-36,39-42H,5-6,17-26H2,1-4H3,(H,49,51)(H,50,52)(H,53,59)(H,54,60)/t29-,30-,39+,40+,41+,42+/m1/s1. The van der Waals surface area contributed by atoms with Crippen LogP contribution in [-0.4, -0.2) is 119 Å². The summed E-state index contributed by atoms with van der Waals surface area (Å²) in [4.78, 5) is 73.1. The summed E-state index contributed by atoms with van der Waals surface area (Å²) in [6.45, 7) is 6.29. The third-order valence-electron chi connectivity index (χ3n) is 13.3. The largest absolute Gasteiger partial charge is 0.453 e. The second kappa shape index (κ2) is 20.1. The van der Waals surface area contributed by atoms with E-state index in [2.05, 4.69) is 32.4 Å². The number of aromatic nitrogens is 4. The number of likely N-dealkylation sites (tertiary alicyclic amines) is 2. The highest BCUT2D eigenvalue weighted by Crippen LogP contribution is 2.39. The van der Waals surface area contributed by atoms with Gasteiger partial charge in [-0.25, -0.2) is 19.6 Å². The smallest absolute Gasteiger partial charge is 0.407 e. The molecule has 0 spiro atoms. The van der Waals surface area contributed by atoms with Gasteiger partial charge in [0.1, 0.15) is 23.7 Å². The number of rotatable bonds is 10. The summed E-state index contributed by atoms with van der Waals surface area (Å²) < 4.78 is 20.8. The number of carbonyl (C=O) groups excluding carboxylic acids is 4. The Morgan fingerprint density at radius 2 is 0.984 bits per heavy atom. The number of nitrogens with one attached hydrogen (secondary N) is 4. The van der Waals surface area contributed by atoms with E-state index in [9.17, 15) is 19.2 Å². The number of methoxy groups -OCH3 is 2. The zero-order valence-corrected chi connectivity index (χ0v) is 36.9. The van der Waals surface area contributed by atoms with Gasteiger partial charge in [-0.15, -0.1) is 0 Å². The van der Waals surface area contributed by atoms with Crippen LogP contribution in [0, 0.1) is 23.7 Å². The minimum absolute atomic E-state index is 0.0169. The van der Waals surface area contributed by atoms with Crippen LogP contribution in [0.1, 0.15) is 100 Å². The Bertz CT molecular complexity index is 2160. The molecule has 4 aromatic rings. The molecule has 338 valence electrons. The predicted octanol–water partition coefficient (Wildman–Crippen LogP) is 6.27. The molecule has 2 aromatic heterocycles. The van der Waals surface area contributed by atoms with Crippen molar-refractivity contribution in [3.63, 3.8) is 0 Å². The summed E-state index contributed by atoms with van der Waals surface area (Å²) in [5.74, 6) is 7.63. The maximum atomic E-state index is 14.2. The van der Waals surface area contributed by atoms with Crippen LogP contribution in [0.2, 0.25) is 0 Å². The maximum Gasteiger partial charge on any atom is 0.407 e. The molecule has 4 aliphatic heterocycles. The molecule has 4 N–H and O–H groups in total. The highest BCUT2D eigenvalue weighted by atomic mass is 16.5. The van der Waals surface area contributed by atoms with Crippen molar-refractivity contribution in [3.05, 3.63) is 83.7 Å². The summed E-state index contributed by atoms with van der Waals surface area (Å²) in [6.07, 6.45) is 8.26. The molecule has 4 amide bonds. The molecule has 8 rings (SSSR count). The van der Waals surface area contributed by atoms with Gasteiger partial charge in [-0.3, -0.25) is 9.59 Å². The van der Waals surface area contributed by atoms with Crippen LogP contribution in [0.5, 0.6) is 0 Å². The Morgan fingerprint density at radius 3 is 1.34 bits per heavy atom. The van der Waals surface area contributed by atoms with Crippen LogP contribution in [0.3, 0.4) is 0 Å². The fourth-order valence-corrected chi connectivity index (χ4v) is 9.72. The summed E-state index contributed by atoms with van der Waals surface area (Å²) in [5, 5.41) is 5.65. The van der Waals surface area contributed by atoms with Crippen LogP contribution in [0.4, 0.5) is 9.59 Å². The first-order valence-corrected chi connectivity index (χ1v) is 22.4. The molecule has 0 aliphatic carbocycles. The number of hydrogen-bond acceptors (Lipinski definition) is 10. The molecule has 16 nitrogen and oxygen atoms in total. The highest BCUT2D eigenvalue weighted by Gasteiger charge is 2.44. The number of aromatic amines is 2. The SMILES string of the molecule is COC(=O)N[C@H](C(=O)N1[C@H](C)CC[C@H]1c1ncc(-c2ccc(C#Cc3ccc(-c4cnc([C@@H]5CC[C@@H](C)N5C(=O)[C@@H](NC(=O)OC)C5CCOCC5)[nH]4)cc3)cc2)[nH]1)C1CCOCC1. The van der Waals surface area contributed by atoms with Crippen molar-refractivity contribution >= 4 is 24.0 Å². The summed E-state index contributed by atoms with van der Waals surface area (Å²) in [6, 6.07) is 14.0. The Morgan fingerprint density at radius 1 is 0.609 bits per heavy atom. The molecule has 4 aliphatic rings. The molecule has 6 atom stereocenters. The van der Waals surface area contributed by atoms with E-state index in [1.165, 1.54) is 14.2 Å². The normalized spacial score (nSPS) is 22.6. The van der Waals surface area contributed by atoms with Crippen molar-refractivity contribution in [1.29, 1.82) is 0 Å². The molecule has 0 bridgehead atoms. The van der Waals surface area contributed by atoms with Gasteiger partial charge in [0, 0.05) is 49.6 Å².